The summed E-state index contributed by atoms with van der Waals surface area (Å²) in [7, 11) is 0. The van der Waals surface area contributed by atoms with Gasteiger partial charge >= 0.3 is 0 Å². The summed E-state index contributed by atoms with van der Waals surface area (Å²) < 4.78 is 1.51. The van der Waals surface area contributed by atoms with Gasteiger partial charge in [-0.3, -0.25) is 4.79 Å². The van der Waals surface area contributed by atoms with Crippen molar-refractivity contribution in [2.45, 2.75) is 20.3 Å². The summed E-state index contributed by atoms with van der Waals surface area (Å²) in [6.45, 7) is 4.47. The molecule has 0 saturated carbocycles. The Balaban J connectivity index is 1.72. The normalized spacial score (nSPS) is 10.6. The molecule has 0 bridgehead atoms. The van der Waals surface area contributed by atoms with Crippen LogP contribution in [0.5, 0.6) is 0 Å². The van der Waals surface area contributed by atoms with Crippen LogP contribution < -0.4 is 11.1 Å². The Morgan fingerprint density at radius 3 is 2.68 bits per heavy atom. The molecular weight excluding hydrogens is 314 g/mol. The molecule has 6 heteroatoms. The second-order valence-corrected chi connectivity index (χ2v) is 6.02. The third kappa shape index (κ3) is 3.68. The number of carbonyl (C=O) groups is 1. The molecule has 0 radical (unpaired) electrons. The van der Waals surface area contributed by atoms with Gasteiger partial charge in [-0.2, -0.15) is 4.68 Å². The first kappa shape index (κ1) is 16.7. The van der Waals surface area contributed by atoms with E-state index in [-0.39, 0.29) is 17.4 Å². The number of nitrogens with one attached hydrogen (secondary N) is 1. The predicted octanol–water partition coefficient (Wildman–Crippen LogP) is 2.44. The van der Waals surface area contributed by atoms with Gasteiger partial charge in [0.1, 0.15) is 0 Å². The lowest BCUT2D eigenvalue weighted by atomic mass is 10.1. The first-order valence-electron chi connectivity index (χ1n) is 8.17. The topological polar surface area (TPSA) is 85.8 Å². The SMILES string of the molecule is Cc1ccc(C)c(-n2nnc(C(=O)NCCc3ccccc3)c2N)c1. The van der Waals surface area contributed by atoms with E-state index < -0.39 is 0 Å². The van der Waals surface area contributed by atoms with Crippen LogP contribution in [0.3, 0.4) is 0 Å². The van der Waals surface area contributed by atoms with E-state index in [9.17, 15) is 4.79 Å². The van der Waals surface area contributed by atoms with Gasteiger partial charge < -0.3 is 11.1 Å². The molecule has 3 N–H and O–H groups in total. The van der Waals surface area contributed by atoms with Gasteiger partial charge in [0, 0.05) is 6.54 Å². The van der Waals surface area contributed by atoms with Crippen molar-refractivity contribution >= 4 is 11.7 Å². The van der Waals surface area contributed by atoms with E-state index in [0.717, 1.165) is 28.8 Å². The van der Waals surface area contributed by atoms with Crippen molar-refractivity contribution in [2.24, 2.45) is 0 Å². The number of nitrogens with zero attached hydrogens (tertiary/aromatic N) is 3. The maximum atomic E-state index is 12.3. The van der Waals surface area contributed by atoms with Crippen LogP contribution in [-0.4, -0.2) is 27.4 Å². The van der Waals surface area contributed by atoms with Gasteiger partial charge in [0.2, 0.25) is 0 Å². The van der Waals surface area contributed by atoms with Crippen LogP contribution in [0.4, 0.5) is 5.82 Å². The summed E-state index contributed by atoms with van der Waals surface area (Å²) >= 11 is 0. The monoisotopic (exact) mass is 335 g/mol. The van der Waals surface area contributed by atoms with Gasteiger partial charge in [-0.1, -0.05) is 47.7 Å². The number of anilines is 1. The first-order chi connectivity index (χ1) is 12.1. The van der Waals surface area contributed by atoms with Gasteiger partial charge in [-0.05, 0) is 43.0 Å². The van der Waals surface area contributed by atoms with Crippen molar-refractivity contribution < 1.29 is 4.79 Å². The molecule has 0 aliphatic heterocycles. The van der Waals surface area contributed by atoms with Crippen molar-refractivity contribution in [1.82, 2.24) is 20.3 Å². The molecule has 128 valence electrons. The van der Waals surface area contributed by atoms with E-state index >= 15 is 0 Å². The fourth-order valence-corrected chi connectivity index (χ4v) is 2.63. The van der Waals surface area contributed by atoms with E-state index in [2.05, 4.69) is 15.6 Å². The minimum absolute atomic E-state index is 0.147. The molecule has 0 aliphatic carbocycles. The highest BCUT2D eigenvalue weighted by Gasteiger charge is 2.18. The summed E-state index contributed by atoms with van der Waals surface area (Å²) in [5, 5.41) is 10.9. The molecule has 2 aromatic carbocycles. The molecular formula is C19H21N5O. The molecule has 1 aromatic heterocycles. The molecule has 25 heavy (non-hydrogen) atoms. The molecule has 0 unspecified atom stereocenters. The number of nitrogens with two attached hydrogens (primary N) is 1. The second kappa shape index (κ2) is 7.17. The summed E-state index contributed by atoms with van der Waals surface area (Å²) in [6.07, 6.45) is 0.748. The highest BCUT2D eigenvalue weighted by molar-refractivity contribution is 5.96. The maximum absolute atomic E-state index is 12.3. The number of benzene rings is 2. The number of carbonyl (C=O) groups excluding carboxylic acids is 1. The zero-order chi connectivity index (χ0) is 17.8. The van der Waals surface area contributed by atoms with Crippen molar-refractivity contribution in [3.63, 3.8) is 0 Å². The van der Waals surface area contributed by atoms with Crippen LogP contribution in [0.15, 0.2) is 48.5 Å². The Labute approximate surface area is 146 Å². The summed E-state index contributed by atoms with van der Waals surface area (Å²) in [4.78, 5) is 12.3. The molecule has 3 aromatic rings. The third-order valence-electron chi connectivity index (χ3n) is 4.05. The Bertz CT molecular complexity index is 886. The Morgan fingerprint density at radius 1 is 1.16 bits per heavy atom. The van der Waals surface area contributed by atoms with Crippen molar-refractivity contribution in [1.29, 1.82) is 0 Å². The maximum Gasteiger partial charge on any atom is 0.275 e. The van der Waals surface area contributed by atoms with Crippen LogP contribution >= 0.6 is 0 Å². The average molecular weight is 335 g/mol. The Morgan fingerprint density at radius 2 is 1.92 bits per heavy atom. The molecule has 0 saturated heterocycles. The minimum Gasteiger partial charge on any atom is -0.382 e. The van der Waals surface area contributed by atoms with Crippen LogP contribution in [0.25, 0.3) is 5.69 Å². The van der Waals surface area contributed by atoms with Crippen molar-refractivity contribution in [3.8, 4) is 5.69 Å². The highest BCUT2D eigenvalue weighted by atomic mass is 16.2. The summed E-state index contributed by atoms with van der Waals surface area (Å²) in [5.41, 5.74) is 10.4. The highest BCUT2D eigenvalue weighted by Crippen LogP contribution is 2.19. The molecule has 1 heterocycles. The molecule has 0 spiro atoms. The number of hydrogen-bond acceptors (Lipinski definition) is 4. The van der Waals surface area contributed by atoms with Gasteiger partial charge in [-0.25, -0.2) is 0 Å². The standard InChI is InChI=1S/C19H21N5O/c1-13-8-9-14(2)16(12-13)24-18(20)17(22-23-24)19(25)21-11-10-15-6-4-3-5-7-15/h3-9,12H,10-11,20H2,1-2H3,(H,21,25). The number of nitrogen functional groups attached to an aromatic ring is 1. The Kier molecular flexibility index (Phi) is 4.79. The number of aryl methyl sites for hydroxylation is 2. The van der Waals surface area contributed by atoms with Gasteiger partial charge in [0.15, 0.2) is 11.5 Å². The number of amides is 1. The third-order valence-corrected chi connectivity index (χ3v) is 4.05. The lowest BCUT2D eigenvalue weighted by molar-refractivity contribution is 0.0950. The number of hydrogen-bond donors (Lipinski definition) is 2. The smallest absolute Gasteiger partial charge is 0.275 e. The Hall–Kier alpha value is -3.15. The van der Waals surface area contributed by atoms with Gasteiger partial charge in [0.05, 0.1) is 5.69 Å². The van der Waals surface area contributed by atoms with Crippen LogP contribution in [0.2, 0.25) is 0 Å². The average Bonchev–Trinajstić information content (AvgIpc) is 2.99. The van der Waals surface area contributed by atoms with Crippen LogP contribution in [0.1, 0.15) is 27.2 Å². The molecule has 3 rings (SSSR count). The molecule has 0 fully saturated rings. The predicted molar refractivity (Wildman–Crippen MR) is 97.7 cm³/mol. The largest absolute Gasteiger partial charge is 0.382 e. The number of rotatable bonds is 5. The fraction of sp³-hybridized carbons (Fsp3) is 0.211. The fourth-order valence-electron chi connectivity index (χ4n) is 2.63. The van der Waals surface area contributed by atoms with E-state index in [1.807, 2.05) is 62.4 Å². The molecule has 1 amide bonds. The van der Waals surface area contributed by atoms with E-state index in [1.165, 1.54) is 4.68 Å². The zero-order valence-electron chi connectivity index (χ0n) is 14.4. The molecule has 0 atom stereocenters. The van der Waals surface area contributed by atoms with E-state index in [1.54, 1.807) is 0 Å². The van der Waals surface area contributed by atoms with Crippen molar-refractivity contribution in [3.05, 3.63) is 70.9 Å². The zero-order valence-corrected chi connectivity index (χ0v) is 14.4. The molecule has 0 aliphatic rings. The van der Waals surface area contributed by atoms with Crippen molar-refractivity contribution in [2.75, 3.05) is 12.3 Å². The van der Waals surface area contributed by atoms with E-state index in [4.69, 9.17) is 5.73 Å². The van der Waals surface area contributed by atoms with Crippen LogP contribution in [-0.2, 0) is 6.42 Å². The quantitative estimate of drug-likeness (QED) is 0.750. The van der Waals surface area contributed by atoms with Gasteiger partial charge in [-0.15, -0.1) is 5.10 Å². The molecule has 6 nitrogen and oxygen atoms in total. The van der Waals surface area contributed by atoms with E-state index in [0.29, 0.717) is 6.54 Å². The second-order valence-electron chi connectivity index (χ2n) is 6.02. The summed E-state index contributed by atoms with van der Waals surface area (Å²) in [6, 6.07) is 15.9. The van der Waals surface area contributed by atoms with Crippen LogP contribution in [0, 0.1) is 13.8 Å². The summed E-state index contributed by atoms with van der Waals surface area (Å²) in [5.74, 6) is -0.0732. The lowest BCUT2D eigenvalue weighted by Crippen LogP contribution is -2.27. The minimum atomic E-state index is -0.315. The number of aromatic nitrogens is 3. The lowest BCUT2D eigenvalue weighted by Gasteiger charge is -2.08. The first-order valence-corrected chi connectivity index (χ1v) is 8.17. The van der Waals surface area contributed by atoms with Gasteiger partial charge in [0.25, 0.3) is 5.91 Å².